The maximum absolute atomic E-state index is 13.4. The van der Waals surface area contributed by atoms with Crippen LogP contribution in [-0.4, -0.2) is 6.29 Å². The highest BCUT2D eigenvalue weighted by Gasteiger charge is 2.10. The standard InChI is InChI=1S/C11H9FOS/c1-2-8-7(5-13)3-4-10-11(8)9(12)6-14-10/h3-6H,2H2,1H3. The molecule has 0 aliphatic carbocycles. The molecule has 2 rings (SSSR count). The van der Waals surface area contributed by atoms with E-state index in [1.54, 1.807) is 12.1 Å². The summed E-state index contributed by atoms with van der Waals surface area (Å²) < 4.78 is 14.3. The Balaban J connectivity index is 2.87. The molecular weight excluding hydrogens is 199 g/mol. The fourth-order valence-electron chi connectivity index (χ4n) is 1.67. The molecule has 0 spiro atoms. The van der Waals surface area contributed by atoms with Gasteiger partial charge in [0.05, 0.1) is 0 Å². The van der Waals surface area contributed by atoms with E-state index >= 15 is 0 Å². The molecular formula is C11H9FOS. The second-order valence-corrected chi connectivity index (χ2v) is 3.97. The van der Waals surface area contributed by atoms with Crippen LogP contribution in [0, 0.1) is 5.82 Å². The van der Waals surface area contributed by atoms with Gasteiger partial charge in [0.25, 0.3) is 0 Å². The van der Waals surface area contributed by atoms with Gasteiger partial charge < -0.3 is 0 Å². The van der Waals surface area contributed by atoms with Crippen LogP contribution in [0.1, 0.15) is 22.8 Å². The Labute approximate surface area is 85.2 Å². The third-order valence-corrected chi connectivity index (χ3v) is 3.24. The highest BCUT2D eigenvalue weighted by Crippen LogP contribution is 2.29. The monoisotopic (exact) mass is 208 g/mol. The van der Waals surface area contributed by atoms with E-state index in [4.69, 9.17) is 0 Å². The maximum Gasteiger partial charge on any atom is 0.150 e. The molecule has 1 nitrogen and oxygen atoms in total. The van der Waals surface area contributed by atoms with Gasteiger partial charge in [0.15, 0.2) is 0 Å². The van der Waals surface area contributed by atoms with Gasteiger partial charge in [0.1, 0.15) is 12.1 Å². The number of halogens is 1. The van der Waals surface area contributed by atoms with E-state index in [-0.39, 0.29) is 5.82 Å². The second kappa shape index (κ2) is 3.50. The Hall–Kier alpha value is -1.22. The quantitative estimate of drug-likeness (QED) is 0.691. The van der Waals surface area contributed by atoms with Crippen molar-refractivity contribution < 1.29 is 9.18 Å². The van der Waals surface area contributed by atoms with Crippen molar-refractivity contribution in [1.82, 2.24) is 0 Å². The molecule has 0 amide bonds. The van der Waals surface area contributed by atoms with Crippen molar-refractivity contribution in [3.63, 3.8) is 0 Å². The fourth-order valence-corrected chi connectivity index (χ4v) is 2.50. The molecule has 0 aliphatic heterocycles. The van der Waals surface area contributed by atoms with Crippen molar-refractivity contribution >= 4 is 27.7 Å². The van der Waals surface area contributed by atoms with Gasteiger partial charge in [-0.25, -0.2) is 4.39 Å². The molecule has 0 atom stereocenters. The van der Waals surface area contributed by atoms with E-state index in [2.05, 4.69) is 0 Å². The zero-order valence-electron chi connectivity index (χ0n) is 7.71. The van der Waals surface area contributed by atoms with Crippen LogP contribution in [0.25, 0.3) is 10.1 Å². The first-order valence-electron chi connectivity index (χ1n) is 4.41. The normalized spacial score (nSPS) is 10.7. The number of hydrogen-bond acceptors (Lipinski definition) is 2. The summed E-state index contributed by atoms with van der Waals surface area (Å²) in [5, 5.41) is 2.10. The summed E-state index contributed by atoms with van der Waals surface area (Å²) in [5.74, 6) is -0.217. The summed E-state index contributed by atoms with van der Waals surface area (Å²) in [6, 6.07) is 3.55. The summed E-state index contributed by atoms with van der Waals surface area (Å²) in [6.45, 7) is 1.93. The minimum atomic E-state index is -0.217. The summed E-state index contributed by atoms with van der Waals surface area (Å²) in [6.07, 6.45) is 1.47. The molecule has 0 saturated heterocycles. The Morgan fingerprint density at radius 2 is 2.29 bits per heavy atom. The van der Waals surface area contributed by atoms with Crippen molar-refractivity contribution in [2.24, 2.45) is 0 Å². The van der Waals surface area contributed by atoms with Crippen LogP contribution in [0.5, 0.6) is 0 Å². The topological polar surface area (TPSA) is 17.1 Å². The molecule has 72 valence electrons. The van der Waals surface area contributed by atoms with Gasteiger partial charge in [-0.3, -0.25) is 4.79 Å². The Morgan fingerprint density at radius 1 is 1.50 bits per heavy atom. The van der Waals surface area contributed by atoms with Crippen LogP contribution >= 0.6 is 11.3 Å². The lowest BCUT2D eigenvalue weighted by atomic mass is 10.0. The fraction of sp³-hybridized carbons (Fsp3) is 0.182. The minimum Gasteiger partial charge on any atom is -0.298 e. The molecule has 0 bridgehead atoms. The van der Waals surface area contributed by atoms with E-state index in [0.717, 1.165) is 16.5 Å². The van der Waals surface area contributed by atoms with Gasteiger partial charge >= 0.3 is 0 Å². The predicted molar refractivity (Wildman–Crippen MR) is 56.5 cm³/mol. The smallest absolute Gasteiger partial charge is 0.150 e. The highest BCUT2D eigenvalue weighted by molar-refractivity contribution is 7.17. The number of aldehydes is 1. The van der Waals surface area contributed by atoms with Gasteiger partial charge in [0.2, 0.25) is 0 Å². The largest absolute Gasteiger partial charge is 0.298 e. The van der Waals surface area contributed by atoms with Crippen LogP contribution in [0.3, 0.4) is 0 Å². The Bertz CT molecular complexity index is 487. The molecule has 0 radical (unpaired) electrons. The lowest BCUT2D eigenvalue weighted by Crippen LogP contribution is -1.91. The summed E-state index contributed by atoms with van der Waals surface area (Å²) in [7, 11) is 0. The van der Waals surface area contributed by atoms with Crippen LogP contribution in [0.4, 0.5) is 4.39 Å². The molecule has 0 fully saturated rings. The van der Waals surface area contributed by atoms with Crippen LogP contribution < -0.4 is 0 Å². The molecule has 0 unspecified atom stereocenters. The summed E-state index contributed by atoms with van der Waals surface area (Å²) in [4.78, 5) is 10.7. The number of carbonyl (C=O) groups excluding carboxylic acids is 1. The van der Waals surface area contributed by atoms with E-state index in [0.29, 0.717) is 17.4 Å². The number of fused-ring (bicyclic) bond motifs is 1. The van der Waals surface area contributed by atoms with Gasteiger partial charge in [-0.05, 0) is 24.1 Å². The van der Waals surface area contributed by atoms with Crippen LogP contribution in [0.2, 0.25) is 0 Å². The molecule has 0 aliphatic rings. The van der Waals surface area contributed by atoms with Crippen molar-refractivity contribution in [1.29, 1.82) is 0 Å². The van der Waals surface area contributed by atoms with E-state index in [9.17, 15) is 9.18 Å². The zero-order valence-corrected chi connectivity index (χ0v) is 8.53. The number of rotatable bonds is 2. The van der Waals surface area contributed by atoms with Gasteiger partial charge in [-0.2, -0.15) is 0 Å². The second-order valence-electron chi connectivity index (χ2n) is 3.06. The molecule has 0 saturated carbocycles. The van der Waals surface area contributed by atoms with Crippen molar-refractivity contribution in [2.45, 2.75) is 13.3 Å². The van der Waals surface area contributed by atoms with E-state index in [1.807, 2.05) is 6.92 Å². The molecule has 1 aromatic heterocycles. The average Bonchev–Trinajstić information content (AvgIpc) is 2.59. The number of carbonyl (C=O) groups is 1. The van der Waals surface area contributed by atoms with Gasteiger partial charge in [0, 0.05) is 21.0 Å². The van der Waals surface area contributed by atoms with Crippen molar-refractivity contribution in [3.05, 3.63) is 34.5 Å². The zero-order chi connectivity index (χ0) is 10.1. The highest BCUT2D eigenvalue weighted by atomic mass is 32.1. The molecule has 2 aromatic rings. The number of benzene rings is 1. The first kappa shape index (κ1) is 9.34. The van der Waals surface area contributed by atoms with Crippen LogP contribution in [-0.2, 0) is 6.42 Å². The summed E-state index contributed by atoms with van der Waals surface area (Å²) in [5.41, 5.74) is 1.41. The lowest BCUT2D eigenvalue weighted by Gasteiger charge is -2.03. The first-order chi connectivity index (χ1) is 6.77. The lowest BCUT2D eigenvalue weighted by molar-refractivity contribution is 0.112. The third kappa shape index (κ3) is 1.24. The Kier molecular flexibility index (Phi) is 2.33. The van der Waals surface area contributed by atoms with Crippen LogP contribution in [0.15, 0.2) is 17.5 Å². The minimum absolute atomic E-state index is 0.217. The number of thiophene rings is 1. The predicted octanol–water partition coefficient (Wildman–Crippen LogP) is 3.42. The number of aryl methyl sites for hydroxylation is 1. The SMILES string of the molecule is CCc1c(C=O)ccc2scc(F)c12. The van der Waals surface area contributed by atoms with Crippen molar-refractivity contribution in [2.75, 3.05) is 0 Å². The Morgan fingerprint density at radius 3 is 2.93 bits per heavy atom. The van der Waals surface area contributed by atoms with Gasteiger partial charge in [-0.15, -0.1) is 11.3 Å². The molecule has 0 N–H and O–H groups in total. The van der Waals surface area contributed by atoms with Gasteiger partial charge in [-0.1, -0.05) is 6.92 Å². The third-order valence-electron chi connectivity index (χ3n) is 2.32. The van der Waals surface area contributed by atoms with Crippen molar-refractivity contribution in [3.8, 4) is 0 Å². The summed E-state index contributed by atoms with van der Waals surface area (Å²) >= 11 is 1.37. The van der Waals surface area contributed by atoms with E-state index in [1.165, 1.54) is 16.7 Å². The average molecular weight is 208 g/mol. The first-order valence-corrected chi connectivity index (χ1v) is 5.29. The maximum atomic E-state index is 13.4. The molecule has 1 aromatic carbocycles. The van der Waals surface area contributed by atoms with E-state index < -0.39 is 0 Å². The number of hydrogen-bond donors (Lipinski definition) is 0. The molecule has 14 heavy (non-hydrogen) atoms. The molecule has 3 heteroatoms. The molecule has 1 heterocycles.